The van der Waals surface area contributed by atoms with Gasteiger partial charge in [-0.15, -0.1) is 0 Å². The van der Waals surface area contributed by atoms with Gasteiger partial charge >= 0.3 is 0 Å². The van der Waals surface area contributed by atoms with Crippen LogP contribution in [0.5, 0.6) is 0 Å². The van der Waals surface area contributed by atoms with Crippen LogP contribution in [0.25, 0.3) is 11.1 Å². The monoisotopic (exact) mass is 686 g/mol. The molecule has 15 heteroatoms. The maximum absolute atomic E-state index is 15.8. The molecule has 0 aliphatic rings. The van der Waals surface area contributed by atoms with E-state index in [1.165, 1.54) is 55.1 Å². The SMILES string of the molecule is CCS(=O)(=O)CCN(c1cc(-c2cn(C)c(=O)cc2[C@H](C)NS(=O)C(C)(C)C)c(C(=O)c2ccc(Cl)cc2)cc1F)S(=O)[O-]. The van der Waals surface area contributed by atoms with Gasteiger partial charge in [0.05, 0.1) is 27.2 Å². The van der Waals surface area contributed by atoms with Crippen LogP contribution in [0.1, 0.15) is 62.1 Å². The molecule has 0 aliphatic carbocycles. The van der Waals surface area contributed by atoms with Gasteiger partial charge in [0.1, 0.15) is 5.82 Å². The highest BCUT2D eigenvalue weighted by molar-refractivity contribution is 7.91. The molecule has 3 aromatic rings. The summed E-state index contributed by atoms with van der Waals surface area (Å²) >= 11 is 2.90. The minimum absolute atomic E-state index is 0.0657. The number of hydrogen-bond donors (Lipinski definition) is 1. The largest absolute Gasteiger partial charge is 0.755 e. The van der Waals surface area contributed by atoms with Crippen molar-refractivity contribution < 1.29 is 30.6 Å². The fourth-order valence-corrected chi connectivity index (χ4v) is 6.52. The first-order valence-corrected chi connectivity index (χ1v) is 17.8. The molecule has 1 heterocycles. The average Bonchev–Trinajstić information content (AvgIpc) is 2.94. The van der Waals surface area contributed by atoms with Crippen molar-refractivity contribution in [2.24, 2.45) is 7.05 Å². The Balaban J connectivity index is 2.35. The summed E-state index contributed by atoms with van der Waals surface area (Å²) in [4.78, 5) is 26.6. The number of anilines is 1. The predicted octanol–water partition coefficient (Wildman–Crippen LogP) is 4.22. The number of ketones is 1. The number of sulfone groups is 1. The molecule has 2 unspecified atom stereocenters. The normalized spacial score (nSPS) is 14.2. The molecule has 2 aromatic carbocycles. The summed E-state index contributed by atoms with van der Waals surface area (Å²) in [5.74, 6) is -2.51. The number of nitrogens with zero attached hydrogens (tertiary/aromatic N) is 2. The van der Waals surface area contributed by atoms with Crippen molar-refractivity contribution in [3.05, 3.63) is 86.5 Å². The van der Waals surface area contributed by atoms with Gasteiger partial charge in [0.25, 0.3) is 5.56 Å². The lowest BCUT2D eigenvalue weighted by atomic mass is 9.90. The molecule has 1 aromatic heterocycles. The van der Waals surface area contributed by atoms with Gasteiger partial charge in [-0.05, 0) is 75.2 Å². The summed E-state index contributed by atoms with van der Waals surface area (Å²) in [6.45, 7) is 7.79. The number of carbonyl (C=O) groups excluding carboxylic acids is 1. The summed E-state index contributed by atoms with van der Waals surface area (Å²) in [6, 6.07) is 8.48. The molecule has 0 spiro atoms. The Kier molecular flexibility index (Phi) is 11.5. The van der Waals surface area contributed by atoms with Crippen LogP contribution in [0.15, 0.2) is 53.5 Å². The van der Waals surface area contributed by atoms with Gasteiger partial charge in [-0.3, -0.25) is 18.1 Å². The van der Waals surface area contributed by atoms with Gasteiger partial charge in [-0.2, -0.15) is 0 Å². The smallest absolute Gasteiger partial charge is 0.250 e. The summed E-state index contributed by atoms with van der Waals surface area (Å²) < 4.78 is 81.7. The second-order valence-corrected chi connectivity index (χ2v) is 16.8. The third-order valence-electron chi connectivity index (χ3n) is 6.79. The van der Waals surface area contributed by atoms with E-state index in [0.29, 0.717) is 14.9 Å². The molecule has 0 aliphatic heterocycles. The average molecular weight is 687 g/mol. The highest BCUT2D eigenvalue weighted by Gasteiger charge is 2.27. The molecular weight excluding hydrogens is 653 g/mol. The zero-order chi connectivity index (χ0) is 33.1. The quantitative estimate of drug-likeness (QED) is 0.222. The van der Waals surface area contributed by atoms with Gasteiger partial charge in [-0.25, -0.2) is 21.7 Å². The lowest BCUT2D eigenvalue weighted by Gasteiger charge is -2.28. The van der Waals surface area contributed by atoms with Crippen LogP contribution in [-0.2, 0) is 39.1 Å². The number of carbonyl (C=O) groups is 1. The molecule has 10 nitrogen and oxygen atoms in total. The topological polar surface area (TPSA) is 146 Å². The summed E-state index contributed by atoms with van der Waals surface area (Å²) in [6.07, 6.45) is 1.42. The predicted molar refractivity (Wildman–Crippen MR) is 172 cm³/mol. The van der Waals surface area contributed by atoms with Crippen LogP contribution < -0.4 is 14.6 Å². The standard InChI is InChI=1S/C29H35ClFN3O7S3/c1-7-44(40,41)13-12-34(43(38)39)26-15-22(23(14-25(26)31)28(36)19-8-10-20(30)11-9-19)24-17-33(6)27(35)16-21(24)18(2)32-42(37)29(3,4)5/h8-11,14-18,32H,7,12-13H2,1-6H3,(H,38,39)/p-1/t18-,42?/m0/s1. The highest BCUT2D eigenvalue weighted by atomic mass is 35.5. The Morgan fingerprint density at radius 1 is 1.14 bits per heavy atom. The van der Waals surface area contributed by atoms with E-state index in [1.54, 1.807) is 27.7 Å². The molecule has 44 heavy (non-hydrogen) atoms. The zero-order valence-corrected chi connectivity index (χ0v) is 28.3. The Labute approximate surface area is 266 Å². The Bertz CT molecular complexity index is 1770. The summed E-state index contributed by atoms with van der Waals surface area (Å²) in [5, 5.41) is 0.367. The molecule has 1 N–H and O–H groups in total. The first kappa shape index (κ1) is 35.7. The summed E-state index contributed by atoms with van der Waals surface area (Å²) in [7, 11) is -3.72. The van der Waals surface area contributed by atoms with E-state index in [1.807, 2.05) is 0 Å². The van der Waals surface area contributed by atoms with Gasteiger partial charge < -0.3 is 9.12 Å². The van der Waals surface area contributed by atoms with E-state index in [9.17, 15) is 31.0 Å². The lowest BCUT2D eigenvalue weighted by Crippen LogP contribution is -2.35. The fraction of sp³-hybridized carbons (Fsp3) is 0.379. The van der Waals surface area contributed by atoms with Crippen LogP contribution in [-0.4, -0.2) is 54.5 Å². The van der Waals surface area contributed by atoms with E-state index >= 15 is 4.39 Å². The van der Waals surface area contributed by atoms with E-state index in [2.05, 4.69) is 4.72 Å². The highest BCUT2D eigenvalue weighted by Crippen LogP contribution is 2.36. The maximum Gasteiger partial charge on any atom is 0.250 e. The summed E-state index contributed by atoms with van der Waals surface area (Å²) in [5.41, 5.74) is -0.269. The maximum atomic E-state index is 15.8. The molecule has 3 atom stereocenters. The first-order chi connectivity index (χ1) is 20.4. The van der Waals surface area contributed by atoms with Crippen molar-refractivity contribution in [1.29, 1.82) is 0 Å². The zero-order valence-electron chi connectivity index (χ0n) is 25.1. The van der Waals surface area contributed by atoms with Crippen LogP contribution in [0.2, 0.25) is 5.02 Å². The molecule has 0 fully saturated rings. The minimum atomic E-state index is -3.62. The number of rotatable bonds is 12. The first-order valence-electron chi connectivity index (χ1n) is 13.5. The van der Waals surface area contributed by atoms with Gasteiger partial charge in [0, 0.05) is 70.6 Å². The number of hydrogen-bond acceptors (Lipinski definition) is 7. The van der Waals surface area contributed by atoms with Crippen molar-refractivity contribution in [2.75, 3.05) is 22.4 Å². The molecule has 0 saturated carbocycles. The van der Waals surface area contributed by atoms with E-state index in [0.717, 1.165) is 12.1 Å². The molecule has 240 valence electrons. The molecule has 3 rings (SSSR count). The fourth-order valence-electron chi connectivity index (χ4n) is 4.19. The van der Waals surface area contributed by atoms with Crippen molar-refractivity contribution in [3.63, 3.8) is 0 Å². The van der Waals surface area contributed by atoms with Crippen LogP contribution in [0.4, 0.5) is 10.1 Å². The second kappa shape index (κ2) is 14.1. The van der Waals surface area contributed by atoms with Gasteiger partial charge in [0.15, 0.2) is 15.6 Å². The molecular formula is C29H34ClFN3O7S3-. The number of aromatic nitrogens is 1. The van der Waals surface area contributed by atoms with Crippen molar-refractivity contribution in [2.45, 2.75) is 45.4 Å². The third-order valence-corrected chi connectivity index (χ3v) is 11.1. The van der Waals surface area contributed by atoms with E-state index in [-0.39, 0.29) is 28.0 Å². The third kappa shape index (κ3) is 8.49. The minimum Gasteiger partial charge on any atom is -0.755 e. The van der Waals surface area contributed by atoms with Crippen LogP contribution in [0.3, 0.4) is 0 Å². The van der Waals surface area contributed by atoms with Crippen molar-refractivity contribution in [1.82, 2.24) is 9.29 Å². The Hall–Kier alpha value is -2.75. The number of benzene rings is 2. The molecule has 0 saturated heterocycles. The second-order valence-electron chi connectivity index (χ2n) is 11.1. The van der Waals surface area contributed by atoms with Crippen LogP contribution >= 0.6 is 11.6 Å². The number of nitrogens with one attached hydrogen (secondary N) is 1. The number of pyridine rings is 1. The van der Waals surface area contributed by atoms with Crippen LogP contribution in [0, 0.1) is 5.82 Å². The Morgan fingerprint density at radius 3 is 2.30 bits per heavy atom. The number of halogens is 2. The van der Waals surface area contributed by atoms with Gasteiger partial charge in [-0.1, -0.05) is 18.5 Å². The molecule has 0 bridgehead atoms. The number of aryl methyl sites for hydroxylation is 1. The van der Waals surface area contributed by atoms with Gasteiger partial charge in [0.2, 0.25) is 0 Å². The molecule has 0 amide bonds. The molecule has 0 radical (unpaired) electrons. The van der Waals surface area contributed by atoms with E-state index < -0.39 is 78.0 Å². The van der Waals surface area contributed by atoms with Crippen molar-refractivity contribution >= 4 is 55.2 Å². The Morgan fingerprint density at radius 2 is 1.75 bits per heavy atom. The lowest BCUT2D eigenvalue weighted by molar-refractivity contribution is 0.103. The van der Waals surface area contributed by atoms with E-state index in [4.69, 9.17) is 11.6 Å². The van der Waals surface area contributed by atoms with Crippen molar-refractivity contribution in [3.8, 4) is 11.1 Å².